The summed E-state index contributed by atoms with van der Waals surface area (Å²) in [6.07, 6.45) is 0. The highest BCUT2D eigenvalue weighted by molar-refractivity contribution is 8.00. The summed E-state index contributed by atoms with van der Waals surface area (Å²) in [6.45, 7) is 3.39. The van der Waals surface area contributed by atoms with Gasteiger partial charge in [0.1, 0.15) is 0 Å². The molecule has 1 heterocycles. The lowest BCUT2D eigenvalue weighted by molar-refractivity contribution is 0.761. The van der Waals surface area contributed by atoms with Gasteiger partial charge >= 0.3 is 0 Å². The van der Waals surface area contributed by atoms with Crippen molar-refractivity contribution in [2.75, 3.05) is 12.3 Å². The predicted molar refractivity (Wildman–Crippen MR) is 32.0 cm³/mol. The maximum atomic E-state index is 3.28. The van der Waals surface area contributed by atoms with Crippen molar-refractivity contribution in [3.05, 3.63) is 0 Å². The van der Waals surface area contributed by atoms with Gasteiger partial charge in [-0.15, -0.1) is 11.8 Å². The third-order valence-corrected chi connectivity index (χ3v) is 2.01. The van der Waals surface area contributed by atoms with Gasteiger partial charge in [0, 0.05) is 13.7 Å². The van der Waals surface area contributed by atoms with E-state index in [2.05, 4.69) is 12.2 Å². The number of nitrogens with one attached hydrogen (secondary N) is 1. The fourth-order valence-corrected chi connectivity index (χ4v) is 1.38. The average Bonchev–Trinajstić information content (AvgIpc) is 1.86. The summed E-state index contributed by atoms with van der Waals surface area (Å²) in [5.41, 5.74) is 0. The maximum absolute atomic E-state index is 3.28. The third-order valence-electron chi connectivity index (χ3n) is 0.902. The van der Waals surface area contributed by atoms with Gasteiger partial charge in [-0.05, 0) is 6.92 Å². The van der Waals surface area contributed by atoms with Gasteiger partial charge in [-0.25, -0.2) is 0 Å². The van der Waals surface area contributed by atoms with Gasteiger partial charge in [0.05, 0.1) is 5.37 Å². The van der Waals surface area contributed by atoms with Gasteiger partial charge in [0.25, 0.3) is 0 Å². The van der Waals surface area contributed by atoms with Gasteiger partial charge in [0.2, 0.25) is 0 Å². The summed E-state index contributed by atoms with van der Waals surface area (Å²) in [6, 6.07) is 0. The molecule has 0 aromatic carbocycles. The zero-order valence-electron chi connectivity index (χ0n) is 3.90. The highest BCUT2D eigenvalue weighted by Crippen LogP contribution is 2.10. The summed E-state index contributed by atoms with van der Waals surface area (Å²) in [5, 5.41) is 4.00. The standard InChI is InChI=1S/C4H9NS.H2/c1-4-5-2-3-6-4;/h4-5H,2-3H2,1H3;1H. The van der Waals surface area contributed by atoms with Crippen LogP contribution in [-0.2, 0) is 0 Å². The molecule has 1 nitrogen and oxygen atoms in total. The van der Waals surface area contributed by atoms with E-state index in [0.717, 1.165) is 0 Å². The summed E-state index contributed by atoms with van der Waals surface area (Å²) in [5.74, 6) is 1.29. The van der Waals surface area contributed by atoms with Crippen LogP contribution in [0.25, 0.3) is 0 Å². The first-order valence-electron chi connectivity index (χ1n) is 2.24. The summed E-state index contributed by atoms with van der Waals surface area (Å²) < 4.78 is 0. The zero-order chi connectivity index (χ0) is 4.41. The second kappa shape index (κ2) is 1.85. The van der Waals surface area contributed by atoms with Crippen LogP contribution in [0.3, 0.4) is 0 Å². The highest BCUT2D eigenvalue weighted by atomic mass is 32.2. The molecule has 0 spiro atoms. The topological polar surface area (TPSA) is 12.0 Å². The van der Waals surface area contributed by atoms with Gasteiger partial charge in [-0.2, -0.15) is 0 Å². The van der Waals surface area contributed by atoms with E-state index in [4.69, 9.17) is 0 Å². The smallest absolute Gasteiger partial charge is 0.0504 e. The SMILES string of the molecule is CC1NCCS1.[HH]. The molecule has 1 saturated heterocycles. The van der Waals surface area contributed by atoms with Crippen molar-refractivity contribution in [2.24, 2.45) is 0 Å². The van der Waals surface area contributed by atoms with Crippen LogP contribution in [0.4, 0.5) is 0 Å². The molecular weight excluding hydrogens is 94.1 g/mol. The van der Waals surface area contributed by atoms with Crippen LogP contribution in [0.1, 0.15) is 8.35 Å². The second-order valence-electron chi connectivity index (χ2n) is 1.47. The lowest BCUT2D eigenvalue weighted by Gasteiger charge is -1.94. The van der Waals surface area contributed by atoms with E-state index in [1.54, 1.807) is 0 Å². The highest BCUT2D eigenvalue weighted by Gasteiger charge is 2.05. The van der Waals surface area contributed by atoms with E-state index in [1.165, 1.54) is 12.3 Å². The molecule has 2 heteroatoms. The van der Waals surface area contributed by atoms with Crippen LogP contribution in [0, 0.1) is 0 Å². The second-order valence-corrected chi connectivity index (χ2v) is 2.92. The normalized spacial score (nSPS) is 34.5. The predicted octanol–water partition coefficient (Wildman–Crippen LogP) is 0.915. The number of hydrogen-bond donors (Lipinski definition) is 1. The van der Waals surface area contributed by atoms with Crippen LogP contribution in [0.5, 0.6) is 0 Å². The van der Waals surface area contributed by atoms with Crippen molar-refractivity contribution in [1.29, 1.82) is 0 Å². The molecule has 1 atom stereocenters. The molecule has 0 radical (unpaired) electrons. The average molecular weight is 105 g/mol. The van der Waals surface area contributed by atoms with Crippen molar-refractivity contribution in [3.63, 3.8) is 0 Å². The minimum atomic E-state index is 0. The van der Waals surface area contributed by atoms with Crippen LogP contribution in [-0.4, -0.2) is 17.7 Å². The monoisotopic (exact) mass is 105 g/mol. The van der Waals surface area contributed by atoms with Crippen molar-refractivity contribution >= 4 is 11.8 Å². The molecule has 1 unspecified atom stereocenters. The molecule has 1 aliphatic rings. The molecule has 1 aliphatic heterocycles. The number of hydrogen-bond acceptors (Lipinski definition) is 2. The van der Waals surface area contributed by atoms with Gasteiger partial charge < -0.3 is 5.32 Å². The van der Waals surface area contributed by atoms with Gasteiger partial charge in [-0.1, -0.05) is 0 Å². The van der Waals surface area contributed by atoms with Crippen LogP contribution in [0.15, 0.2) is 0 Å². The van der Waals surface area contributed by atoms with Crippen LogP contribution >= 0.6 is 11.8 Å². The fraction of sp³-hybridized carbons (Fsp3) is 1.00. The van der Waals surface area contributed by atoms with Gasteiger partial charge in [0.15, 0.2) is 0 Å². The van der Waals surface area contributed by atoms with Crippen LogP contribution in [0.2, 0.25) is 0 Å². The molecule has 0 aromatic heterocycles. The first-order valence-corrected chi connectivity index (χ1v) is 3.29. The fourth-order valence-electron chi connectivity index (χ4n) is 0.557. The van der Waals surface area contributed by atoms with Crippen molar-refractivity contribution in [2.45, 2.75) is 12.3 Å². The van der Waals surface area contributed by atoms with E-state index in [0.29, 0.717) is 5.37 Å². The molecule has 1 N–H and O–H groups in total. The largest absolute Gasteiger partial charge is 0.305 e. The molecule has 0 saturated carbocycles. The Labute approximate surface area is 44.0 Å². The Morgan fingerprint density at radius 3 is 3.00 bits per heavy atom. The lowest BCUT2D eigenvalue weighted by Crippen LogP contribution is -2.14. The molecular formula is C4H11NS. The Balaban J connectivity index is 0.000000360. The van der Waals surface area contributed by atoms with E-state index >= 15 is 0 Å². The van der Waals surface area contributed by atoms with Crippen molar-refractivity contribution < 1.29 is 1.43 Å². The van der Waals surface area contributed by atoms with Crippen molar-refractivity contribution in [1.82, 2.24) is 5.32 Å². The Hall–Kier alpha value is 0.310. The molecule has 1 rings (SSSR count). The third kappa shape index (κ3) is 0.884. The van der Waals surface area contributed by atoms with Crippen LogP contribution < -0.4 is 5.32 Å². The molecule has 6 heavy (non-hydrogen) atoms. The first-order chi connectivity index (χ1) is 2.89. The van der Waals surface area contributed by atoms with E-state index in [9.17, 15) is 0 Å². The number of thioether (sulfide) groups is 1. The molecule has 38 valence electrons. The first kappa shape index (κ1) is 4.47. The molecule has 0 aromatic rings. The molecule has 0 aliphatic carbocycles. The lowest BCUT2D eigenvalue weighted by atomic mass is 10.7. The molecule has 0 bridgehead atoms. The Kier molecular flexibility index (Phi) is 1.37. The number of rotatable bonds is 0. The quantitative estimate of drug-likeness (QED) is 0.491. The van der Waals surface area contributed by atoms with Crippen molar-refractivity contribution in [3.8, 4) is 0 Å². The van der Waals surface area contributed by atoms with E-state index < -0.39 is 0 Å². The zero-order valence-corrected chi connectivity index (χ0v) is 4.72. The minimum absolute atomic E-state index is 0. The van der Waals surface area contributed by atoms with E-state index in [1.807, 2.05) is 11.8 Å². The minimum Gasteiger partial charge on any atom is -0.305 e. The van der Waals surface area contributed by atoms with E-state index in [-0.39, 0.29) is 1.43 Å². The Morgan fingerprint density at radius 2 is 2.83 bits per heavy atom. The summed E-state index contributed by atoms with van der Waals surface area (Å²) >= 11 is 1.99. The maximum Gasteiger partial charge on any atom is 0.0504 e. The Bertz CT molecular complexity index is 45.0. The summed E-state index contributed by atoms with van der Waals surface area (Å²) in [7, 11) is 0. The summed E-state index contributed by atoms with van der Waals surface area (Å²) in [4.78, 5) is 0. The Morgan fingerprint density at radius 1 is 2.00 bits per heavy atom. The molecule has 0 amide bonds. The van der Waals surface area contributed by atoms with Gasteiger partial charge in [-0.3, -0.25) is 0 Å². The molecule has 1 fully saturated rings.